The van der Waals surface area contributed by atoms with Crippen LogP contribution in [0.25, 0.3) is 148 Å². The molecule has 19 rings (SSSR count). The number of fused-ring (bicyclic) bond motifs is 16. The minimum absolute atomic E-state index is 0.109. The molecule has 2 aromatic heterocycles. The van der Waals surface area contributed by atoms with E-state index in [4.69, 9.17) is 0 Å². The second-order valence-corrected chi connectivity index (χ2v) is 30.2. The zero-order valence-corrected chi connectivity index (χ0v) is 56.6. The van der Waals surface area contributed by atoms with Crippen LogP contribution in [0.3, 0.4) is 0 Å². The quantitative estimate of drug-likeness (QED) is 0.109. The van der Waals surface area contributed by atoms with Gasteiger partial charge in [0.05, 0.1) is 22.4 Å². The maximum absolute atomic E-state index is 2.74. The van der Waals surface area contributed by atoms with Crippen molar-refractivity contribution in [2.45, 2.75) is 52.4 Å². The average molecular weight is 1270 g/mol. The van der Waals surface area contributed by atoms with Gasteiger partial charge in [-0.3, -0.25) is 0 Å². The molecule has 0 spiro atoms. The van der Waals surface area contributed by atoms with Gasteiger partial charge in [0.1, 0.15) is 0 Å². The molecule has 464 valence electrons. The first-order valence-corrected chi connectivity index (χ1v) is 35.3. The van der Waals surface area contributed by atoms with Crippen LogP contribution in [-0.4, -0.2) is 11.3 Å². The third-order valence-corrected chi connectivity index (χ3v) is 22.5. The van der Waals surface area contributed by atoms with Crippen molar-refractivity contribution in [3.63, 3.8) is 0 Å². The van der Waals surface area contributed by atoms with E-state index in [1.165, 1.54) is 164 Å². The minimum atomic E-state index is -0.144. The lowest BCUT2D eigenvalue weighted by atomic mass is 9.36. The Bertz CT molecular complexity index is 5990. The molecule has 0 radical (unpaired) electrons. The minimum Gasteiger partial charge on any atom is -0.310 e. The standard InChI is InChI=1S/C94H69BN2S/c1-93(2,3)68-47-49-82(75(55-68)63-31-17-10-18-32-63)96-83-53-67(86-76(64-43-39-61(40-44-64)58-25-11-7-12-26-58)51-66(60-29-15-9-16-30-60)52-77(86)65-45-41-62(42-46-65)59-27-13-8-14-28-59)54-84-89(83)95(92-90(96)79-56-69(94(4,5)6)48-50-85(79)98-92)80-57-78-72-35-20-19-33-70(72)71-34-21-22-36-73(71)87(78)88-74-37-23-24-38-81(74)97(84)91(80)88/h7-57H,1-6H3. The molecule has 0 bridgehead atoms. The number of hydrogen-bond donors (Lipinski definition) is 0. The van der Waals surface area contributed by atoms with Crippen molar-refractivity contribution in [1.29, 1.82) is 0 Å². The van der Waals surface area contributed by atoms with Gasteiger partial charge >= 0.3 is 0 Å². The van der Waals surface area contributed by atoms with Crippen LogP contribution in [0, 0.1) is 0 Å². The van der Waals surface area contributed by atoms with Crippen molar-refractivity contribution in [2.75, 3.05) is 4.90 Å². The van der Waals surface area contributed by atoms with E-state index in [2.05, 4.69) is 360 Å². The van der Waals surface area contributed by atoms with Crippen LogP contribution >= 0.6 is 11.3 Å². The number of rotatable bonds is 8. The number of aromatic nitrogens is 1. The summed E-state index contributed by atoms with van der Waals surface area (Å²) in [5.74, 6) is 0. The van der Waals surface area contributed by atoms with Crippen LogP contribution in [0.2, 0.25) is 0 Å². The number of hydrogen-bond acceptors (Lipinski definition) is 2. The number of anilines is 3. The second-order valence-electron chi connectivity index (χ2n) is 29.1. The first-order valence-electron chi connectivity index (χ1n) is 34.5. The lowest BCUT2D eigenvalue weighted by Crippen LogP contribution is -2.59. The summed E-state index contributed by atoms with van der Waals surface area (Å²) >= 11 is 1.99. The van der Waals surface area contributed by atoms with Crippen LogP contribution in [-0.2, 0) is 10.8 Å². The summed E-state index contributed by atoms with van der Waals surface area (Å²) in [6.45, 7) is 14.0. The Balaban J connectivity index is 1.01. The third kappa shape index (κ3) is 9.08. The van der Waals surface area contributed by atoms with Crippen molar-refractivity contribution in [1.82, 2.24) is 4.57 Å². The van der Waals surface area contributed by atoms with E-state index in [-0.39, 0.29) is 17.5 Å². The Hall–Kier alpha value is -11.3. The van der Waals surface area contributed by atoms with Gasteiger partial charge in [0.25, 0.3) is 6.71 Å². The van der Waals surface area contributed by atoms with Crippen LogP contribution in [0.15, 0.2) is 309 Å². The molecule has 2 aliphatic heterocycles. The monoisotopic (exact) mass is 1270 g/mol. The van der Waals surface area contributed by atoms with Gasteiger partial charge in [-0.05, 0) is 187 Å². The van der Waals surface area contributed by atoms with E-state index in [0.717, 1.165) is 27.9 Å². The molecule has 0 aliphatic carbocycles. The van der Waals surface area contributed by atoms with Crippen LogP contribution in [0.4, 0.5) is 17.1 Å². The van der Waals surface area contributed by atoms with E-state index in [1.807, 2.05) is 11.3 Å². The molecule has 0 fully saturated rings. The lowest BCUT2D eigenvalue weighted by Gasteiger charge is -2.40. The molecule has 15 aromatic carbocycles. The fraction of sp³-hybridized carbons (Fsp3) is 0.0851. The normalized spacial score (nSPS) is 12.8. The van der Waals surface area contributed by atoms with Crippen LogP contribution in [0.5, 0.6) is 0 Å². The number of thiophene rings is 1. The summed E-state index contributed by atoms with van der Waals surface area (Å²) in [7, 11) is 0. The molecule has 0 saturated heterocycles. The number of benzene rings is 15. The number of para-hydroxylation sites is 1. The van der Waals surface area contributed by atoms with E-state index in [9.17, 15) is 0 Å². The highest BCUT2D eigenvalue weighted by molar-refractivity contribution is 7.33. The highest BCUT2D eigenvalue weighted by Crippen LogP contribution is 2.54. The zero-order valence-electron chi connectivity index (χ0n) is 55.8. The molecular formula is C94H69BN2S. The molecule has 0 N–H and O–H groups in total. The fourth-order valence-electron chi connectivity index (χ4n) is 16.5. The molecule has 4 heterocycles. The van der Waals surface area contributed by atoms with Crippen molar-refractivity contribution < 1.29 is 0 Å². The smallest absolute Gasteiger partial charge is 0.264 e. The topological polar surface area (TPSA) is 8.17 Å². The fourth-order valence-corrected chi connectivity index (χ4v) is 17.8. The van der Waals surface area contributed by atoms with Crippen molar-refractivity contribution in [3.8, 4) is 83.6 Å². The van der Waals surface area contributed by atoms with Gasteiger partial charge in [-0.2, -0.15) is 0 Å². The molecule has 0 unspecified atom stereocenters. The second kappa shape index (κ2) is 22.1. The Morgan fingerprint density at radius 1 is 0.306 bits per heavy atom. The average Bonchev–Trinajstić information content (AvgIpc) is 1.44. The van der Waals surface area contributed by atoms with Gasteiger partial charge in [0.2, 0.25) is 0 Å². The summed E-state index contributed by atoms with van der Waals surface area (Å²) in [5, 5.41) is 11.5. The Morgan fingerprint density at radius 2 is 0.755 bits per heavy atom. The molecule has 2 aliphatic rings. The van der Waals surface area contributed by atoms with Gasteiger partial charge in [-0.1, -0.05) is 296 Å². The molecule has 98 heavy (non-hydrogen) atoms. The van der Waals surface area contributed by atoms with Crippen molar-refractivity contribution >= 4 is 115 Å². The van der Waals surface area contributed by atoms with E-state index in [1.54, 1.807) is 0 Å². The SMILES string of the molecule is CC(C)(C)c1ccc(N2c3cc(-c4c(-c5ccc(-c6ccccc6)cc5)cc(-c5ccccc5)cc4-c4ccc(-c5ccccc5)cc4)cc4c3B(c3sc5ccc(C(C)(C)C)cc5c32)c2cc3c5ccccc5c5ccccc5c3c3c5ccccc5n-4c23)c(-c2ccccc2)c1. The van der Waals surface area contributed by atoms with E-state index >= 15 is 0 Å². The molecular weight excluding hydrogens is 1200 g/mol. The summed E-state index contributed by atoms with van der Waals surface area (Å²) in [6, 6.07) is 118. The Morgan fingerprint density at radius 3 is 1.34 bits per heavy atom. The lowest BCUT2D eigenvalue weighted by molar-refractivity contribution is 0.590. The number of nitrogens with zero attached hydrogens (tertiary/aromatic N) is 2. The first kappa shape index (κ1) is 58.1. The highest BCUT2D eigenvalue weighted by atomic mass is 32.1. The van der Waals surface area contributed by atoms with Crippen LogP contribution in [0.1, 0.15) is 52.7 Å². The van der Waals surface area contributed by atoms with Gasteiger partial charge in [-0.25, -0.2) is 0 Å². The molecule has 0 saturated carbocycles. The molecule has 17 aromatic rings. The third-order valence-electron chi connectivity index (χ3n) is 21.3. The highest BCUT2D eigenvalue weighted by Gasteiger charge is 2.46. The summed E-state index contributed by atoms with van der Waals surface area (Å²) in [5.41, 5.74) is 28.7. The molecule has 0 atom stereocenters. The largest absolute Gasteiger partial charge is 0.310 e. The molecule has 0 amide bonds. The Labute approximate surface area is 577 Å². The predicted octanol–water partition coefficient (Wildman–Crippen LogP) is 24.3. The van der Waals surface area contributed by atoms with Crippen molar-refractivity contribution in [2.24, 2.45) is 0 Å². The molecule has 4 heteroatoms. The maximum Gasteiger partial charge on any atom is 0.264 e. The summed E-state index contributed by atoms with van der Waals surface area (Å²) in [6.07, 6.45) is 0. The first-order chi connectivity index (χ1) is 47.9. The van der Waals surface area contributed by atoms with E-state index in [0.29, 0.717) is 0 Å². The van der Waals surface area contributed by atoms with Gasteiger partial charge < -0.3 is 9.47 Å². The van der Waals surface area contributed by atoms with Gasteiger partial charge in [0, 0.05) is 48.0 Å². The van der Waals surface area contributed by atoms with Crippen molar-refractivity contribution in [3.05, 3.63) is 321 Å². The zero-order chi connectivity index (χ0) is 65.7. The summed E-state index contributed by atoms with van der Waals surface area (Å²) < 4.78 is 5.35. The summed E-state index contributed by atoms with van der Waals surface area (Å²) in [4.78, 5) is 2.74. The van der Waals surface area contributed by atoms with E-state index < -0.39 is 0 Å². The van der Waals surface area contributed by atoms with Gasteiger partial charge in [-0.15, -0.1) is 11.3 Å². The molecule has 2 nitrogen and oxygen atoms in total. The van der Waals surface area contributed by atoms with Crippen LogP contribution < -0.4 is 20.6 Å². The maximum atomic E-state index is 2.74. The van der Waals surface area contributed by atoms with Gasteiger partial charge in [0.15, 0.2) is 0 Å². The Kier molecular flexibility index (Phi) is 13.1. The predicted molar refractivity (Wildman–Crippen MR) is 423 cm³/mol.